The molecule has 72 heavy (non-hydrogen) atoms. The Balaban J connectivity index is 0.829. The maximum Gasteiger partial charge on any atom is 0.343 e. The summed E-state index contributed by atoms with van der Waals surface area (Å²) in [6.45, 7) is 1.96. The molecular weight excluding hydrogens is 936 g/mol. The number of ether oxygens (including phenoxy) is 2. The number of hydrogen-bond acceptors (Lipinski definition) is 13. The zero-order chi connectivity index (χ0) is 51.3. The number of cyclic esters (lactones) is 1. The molecule has 4 aliphatic rings. The first kappa shape index (κ1) is 50.7. The van der Waals surface area contributed by atoms with E-state index < -0.39 is 78.2 Å². The number of pyridine rings is 2. The Morgan fingerprint density at radius 1 is 0.889 bits per heavy atom. The zero-order valence-electron chi connectivity index (χ0n) is 39.8. The number of benzene rings is 2. The molecule has 0 fully saturated rings. The van der Waals surface area contributed by atoms with Crippen LogP contribution in [0.4, 0.5) is 4.39 Å². The van der Waals surface area contributed by atoms with E-state index in [2.05, 4.69) is 26.6 Å². The van der Waals surface area contributed by atoms with Gasteiger partial charge in [0.25, 0.3) is 17.4 Å². The summed E-state index contributed by atoms with van der Waals surface area (Å²) >= 11 is 0. The number of fused-ring (bicyclic) bond motifs is 5. The minimum Gasteiger partial charge on any atom is -0.458 e. The van der Waals surface area contributed by atoms with Crippen LogP contribution in [0.1, 0.15) is 90.3 Å². The summed E-state index contributed by atoms with van der Waals surface area (Å²) in [5.41, 5.74) is 2.68. The highest BCUT2D eigenvalue weighted by Crippen LogP contribution is 2.46. The second-order valence-electron chi connectivity index (χ2n) is 18.2. The number of hydrogen-bond donors (Lipinski definition) is 6. The van der Waals surface area contributed by atoms with Crippen LogP contribution in [0.2, 0.25) is 0 Å². The summed E-state index contributed by atoms with van der Waals surface area (Å²) in [6.07, 6.45) is 5.23. The highest BCUT2D eigenvalue weighted by molar-refractivity contribution is 6.12. The SMILES string of the molecule is CC[C@@]1(O)C(=O)OCc2c1cc1n(c2=O)Cc2c-1nc1cc(F)c(C)c3c1c2C(COCNC(=O)CNC(=O)[C@H](Cc1ccccc1)NC(=O)CNC(=O)CNC(=O)CCCCCN1C(=O)C=CC1=O)CC3. The normalized spacial score (nSPS) is 17.7. The number of rotatable bonds is 21. The second-order valence-corrected chi connectivity index (χ2v) is 18.2. The number of halogens is 1. The fraction of sp³-hybridized carbons (Fsp3) is 0.412. The van der Waals surface area contributed by atoms with Gasteiger partial charge in [-0.05, 0) is 67.3 Å². The third-order valence-electron chi connectivity index (χ3n) is 13.6. The maximum atomic E-state index is 15.4. The molecule has 20 nitrogen and oxygen atoms in total. The average molecular weight is 991 g/mol. The van der Waals surface area contributed by atoms with Gasteiger partial charge in [0.15, 0.2) is 5.60 Å². The van der Waals surface area contributed by atoms with Crippen LogP contribution in [-0.2, 0) is 79.4 Å². The monoisotopic (exact) mass is 990 g/mol. The Morgan fingerprint density at radius 2 is 1.60 bits per heavy atom. The molecule has 21 heteroatoms. The van der Waals surface area contributed by atoms with Gasteiger partial charge in [-0.3, -0.25) is 43.3 Å². The molecule has 1 aliphatic carbocycles. The van der Waals surface area contributed by atoms with Gasteiger partial charge < -0.3 is 45.7 Å². The molecular formula is C51H55FN8O12. The van der Waals surface area contributed by atoms with Gasteiger partial charge in [0.05, 0.1) is 55.3 Å². The average Bonchev–Trinajstić information content (AvgIpc) is 3.91. The molecule has 8 rings (SSSR count). The van der Waals surface area contributed by atoms with Gasteiger partial charge in [-0.25, -0.2) is 14.2 Å². The molecule has 0 saturated heterocycles. The molecule has 7 amide bonds. The van der Waals surface area contributed by atoms with E-state index in [-0.39, 0.29) is 81.2 Å². The third kappa shape index (κ3) is 10.7. The third-order valence-corrected chi connectivity index (χ3v) is 13.6. The number of aryl methyl sites for hydroxylation is 1. The van der Waals surface area contributed by atoms with E-state index >= 15 is 4.39 Å². The van der Waals surface area contributed by atoms with Gasteiger partial charge in [0, 0.05) is 60.0 Å². The van der Waals surface area contributed by atoms with Crippen molar-refractivity contribution >= 4 is 58.2 Å². The van der Waals surface area contributed by atoms with E-state index in [1.807, 2.05) is 0 Å². The number of nitrogens with zero attached hydrogens (tertiary/aromatic N) is 3. The van der Waals surface area contributed by atoms with Crippen LogP contribution < -0.4 is 32.1 Å². The van der Waals surface area contributed by atoms with Gasteiger partial charge in [-0.1, -0.05) is 43.7 Å². The first-order chi connectivity index (χ1) is 34.6. The van der Waals surface area contributed by atoms with Crippen molar-refractivity contribution in [2.45, 2.75) is 95.9 Å². The van der Waals surface area contributed by atoms with E-state index in [4.69, 9.17) is 14.5 Å². The van der Waals surface area contributed by atoms with Crippen molar-refractivity contribution in [2.24, 2.45) is 0 Å². The summed E-state index contributed by atoms with van der Waals surface area (Å²) in [7, 11) is 0. The number of imide groups is 1. The van der Waals surface area contributed by atoms with Gasteiger partial charge >= 0.3 is 5.97 Å². The maximum absolute atomic E-state index is 15.4. The van der Waals surface area contributed by atoms with E-state index in [1.165, 1.54) is 22.8 Å². The summed E-state index contributed by atoms with van der Waals surface area (Å²) in [5.74, 6) is -5.24. The second kappa shape index (κ2) is 21.8. The van der Waals surface area contributed by atoms with Crippen molar-refractivity contribution < 1.29 is 57.3 Å². The van der Waals surface area contributed by atoms with E-state index in [9.17, 15) is 48.3 Å². The molecule has 1 unspecified atom stereocenters. The van der Waals surface area contributed by atoms with Crippen molar-refractivity contribution in [3.8, 4) is 11.4 Å². The van der Waals surface area contributed by atoms with Crippen molar-refractivity contribution in [3.05, 3.63) is 110 Å². The van der Waals surface area contributed by atoms with E-state index in [1.54, 1.807) is 50.2 Å². The highest BCUT2D eigenvalue weighted by Gasteiger charge is 2.46. The van der Waals surface area contributed by atoms with Crippen molar-refractivity contribution in [3.63, 3.8) is 0 Å². The summed E-state index contributed by atoms with van der Waals surface area (Å²) in [4.78, 5) is 120. The lowest BCUT2D eigenvalue weighted by atomic mass is 9.78. The summed E-state index contributed by atoms with van der Waals surface area (Å²) in [5, 5.41) is 24.8. The number of aliphatic hydroxyl groups is 1. The summed E-state index contributed by atoms with van der Waals surface area (Å²) < 4.78 is 28.1. The molecule has 6 N–H and O–H groups in total. The topological polar surface area (TPSA) is 274 Å². The molecule has 0 spiro atoms. The molecule has 5 heterocycles. The van der Waals surface area contributed by atoms with Crippen LogP contribution in [0.15, 0.2) is 59.4 Å². The molecule has 0 saturated carbocycles. The van der Waals surface area contributed by atoms with Crippen molar-refractivity contribution in [1.29, 1.82) is 0 Å². The number of amides is 7. The van der Waals surface area contributed by atoms with Gasteiger partial charge in [0.1, 0.15) is 25.2 Å². The lowest BCUT2D eigenvalue weighted by molar-refractivity contribution is -0.172. The predicted molar refractivity (Wildman–Crippen MR) is 255 cm³/mol. The van der Waals surface area contributed by atoms with Crippen LogP contribution in [-0.4, -0.2) is 112 Å². The summed E-state index contributed by atoms with van der Waals surface area (Å²) in [6, 6.07) is 10.7. The van der Waals surface area contributed by atoms with Crippen LogP contribution in [0.5, 0.6) is 0 Å². The number of carbonyl (C=O) groups excluding carboxylic acids is 8. The Hall–Kier alpha value is -7.65. The number of esters is 1. The fourth-order valence-electron chi connectivity index (χ4n) is 9.70. The largest absolute Gasteiger partial charge is 0.458 e. The Morgan fingerprint density at radius 3 is 2.35 bits per heavy atom. The molecule has 2 aromatic heterocycles. The smallest absolute Gasteiger partial charge is 0.343 e. The molecule has 3 atom stereocenters. The minimum atomic E-state index is -2.02. The first-order valence-corrected chi connectivity index (χ1v) is 23.9. The number of aromatic nitrogens is 2. The lowest BCUT2D eigenvalue weighted by Gasteiger charge is -2.31. The number of unbranched alkanes of at least 4 members (excludes halogenated alkanes) is 2. The standard InChI is InChI=1S/C51H55FN8O12/c1-3-51(70)34-19-38-47-32(24-60(38)49(68)33(34)26-72-50(51)69)45-30(13-14-31-28(2)35(52)20-36(58-47)46(31)45)25-71-27-56-41(63)22-55-48(67)37(18-29-10-6-4-7-11-29)57-42(64)23-54-40(62)21-53-39(61)12-8-5-9-17-59-43(65)15-16-44(59)66/h4,6-7,10-11,15-16,19-20,30,37,70H,3,5,8-9,12-14,17-18,21-27H2,1-2H3,(H,53,61)(H,54,62)(H,55,67)(H,56,63)(H,57,64)/t30?,37-,51-/m0/s1. The van der Waals surface area contributed by atoms with Gasteiger partial charge in [0.2, 0.25) is 29.5 Å². The molecule has 378 valence electrons. The van der Waals surface area contributed by atoms with Crippen LogP contribution in [0, 0.1) is 12.7 Å². The molecule has 2 aromatic carbocycles. The van der Waals surface area contributed by atoms with Crippen LogP contribution in [0.3, 0.4) is 0 Å². The predicted octanol–water partition coefficient (Wildman–Crippen LogP) is 1.21. The molecule has 3 aliphatic heterocycles. The van der Waals surface area contributed by atoms with E-state index in [0.29, 0.717) is 60.1 Å². The Labute approximate surface area is 412 Å². The van der Waals surface area contributed by atoms with Crippen molar-refractivity contribution in [1.82, 2.24) is 41.0 Å². The number of nitrogens with one attached hydrogen (secondary N) is 5. The molecule has 4 aromatic rings. The van der Waals surface area contributed by atoms with Gasteiger partial charge in [-0.2, -0.15) is 0 Å². The quantitative estimate of drug-likeness (QED) is 0.0262. The minimum absolute atomic E-state index is 0.0244. The van der Waals surface area contributed by atoms with Crippen molar-refractivity contribution in [2.75, 3.05) is 39.5 Å². The van der Waals surface area contributed by atoms with Crippen LogP contribution in [0.25, 0.3) is 22.3 Å². The number of carbonyl (C=O) groups is 8. The van der Waals surface area contributed by atoms with Gasteiger partial charge in [-0.15, -0.1) is 0 Å². The first-order valence-electron chi connectivity index (χ1n) is 23.9. The lowest BCUT2D eigenvalue weighted by Crippen LogP contribution is -2.52. The van der Waals surface area contributed by atoms with Crippen LogP contribution >= 0.6 is 0 Å². The Bertz CT molecular complexity index is 2960. The Kier molecular flexibility index (Phi) is 15.3. The highest BCUT2D eigenvalue weighted by atomic mass is 19.1. The zero-order valence-corrected chi connectivity index (χ0v) is 39.8. The fourth-order valence-corrected chi connectivity index (χ4v) is 9.70. The molecule has 0 radical (unpaired) electrons. The van der Waals surface area contributed by atoms with E-state index in [0.717, 1.165) is 27.0 Å². The molecule has 0 bridgehead atoms.